The third-order valence-corrected chi connectivity index (χ3v) is 2.80. The number of amides is 1. The van der Waals surface area contributed by atoms with Crippen molar-refractivity contribution in [2.45, 2.75) is 19.4 Å². The fourth-order valence-corrected chi connectivity index (χ4v) is 1.92. The minimum Gasteiger partial charge on any atom is -0.349 e. The molecule has 0 aliphatic heterocycles. The second-order valence-corrected chi connectivity index (χ2v) is 4.43. The molecule has 1 amide bonds. The lowest BCUT2D eigenvalue weighted by Crippen LogP contribution is -2.34. The van der Waals surface area contributed by atoms with Crippen molar-refractivity contribution in [3.8, 4) is 0 Å². The zero-order valence-corrected chi connectivity index (χ0v) is 10.5. The summed E-state index contributed by atoms with van der Waals surface area (Å²) in [6.07, 6.45) is 0.847. The lowest BCUT2D eigenvalue weighted by atomic mass is 10.1. The molecule has 0 heterocycles. The average Bonchev–Trinajstić information content (AvgIpc) is 2.40. The van der Waals surface area contributed by atoms with E-state index in [1.165, 1.54) is 5.56 Å². The van der Waals surface area contributed by atoms with Crippen LogP contribution in [0.4, 0.5) is 0 Å². The molecule has 0 aromatic heterocycles. The number of nitrogens with one attached hydrogen (secondary N) is 1. The van der Waals surface area contributed by atoms with Gasteiger partial charge in [-0.05, 0) is 31.0 Å². The van der Waals surface area contributed by atoms with Gasteiger partial charge in [-0.3, -0.25) is 4.79 Å². The van der Waals surface area contributed by atoms with E-state index in [1.807, 2.05) is 55.5 Å². The first kappa shape index (κ1) is 12.4. The first-order chi connectivity index (χ1) is 8.75. The molecular weight excluding hydrogens is 222 g/mol. The van der Waals surface area contributed by atoms with Gasteiger partial charge in [-0.1, -0.05) is 48.5 Å². The molecule has 1 atom stereocenters. The van der Waals surface area contributed by atoms with Crippen LogP contribution in [0.25, 0.3) is 0 Å². The quantitative estimate of drug-likeness (QED) is 0.873. The van der Waals surface area contributed by atoms with Gasteiger partial charge < -0.3 is 5.32 Å². The summed E-state index contributed by atoms with van der Waals surface area (Å²) in [5, 5.41) is 3.01. The number of carbonyl (C=O) groups excluding carboxylic acids is 1. The fraction of sp³-hybridized carbons (Fsp3) is 0.188. The van der Waals surface area contributed by atoms with Crippen molar-refractivity contribution < 1.29 is 4.79 Å². The molecule has 0 aliphatic rings. The highest BCUT2D eigenvalue weighted by atomic mass is 16.1. The van der Waals surface area contributed by atoms with E-state index in [-0.39, 0.29) is 11.9 Å². The molecule has 0 saturated heterocycles. The third kappa shape index (κ3) is 3.45. The van der Waals surface area contributed by atoms with Gasteiger partial charge in [0.2, 0.25) is 0 Å². The van der Waals surface area contributed by atoms with Crippen LogP contribution in [0.15, 0.2) is 60.7 Å². The maximum atomic E-state index is 11.9. The highest BCUT2D eigenvalue weighted by Gasteiger charge is 2.09. The number of hydrogen-bond acceptors (Lipinski definition) is 1. The molecule has 2 aromatic rings. The van der Waals surface area contributed by atoms with Gasteiger partial charge in [-0.25, -0.2) is 0 Å². The predicted molar refractivity (Wildman–Crippen MR) is 73.5 cm³/mol. The molecule has 1 unspecified atom stereocenters. The van der Waals surface area contributed by atoms with Crippen LogP contribution in [0.3, 0.4) is 0 Å². The van der Waals surface area contributed by atoms with E-state index in [1.54, 1.807) is 0 Å². The van der Waals surface area contributed by atoms with Gasteiger partial charge >= 0.3 is 0 Å². The van der Waals surface area contributed by atoms with Crippen LogP contribution in [-0.2, 0) is 6.42 Å². The molecule has 2 rings (SSSR count). The molecule has 2 heteroatoms. The van der Waals surface area contributed by atoms with Crippen molar-refractivity contribution >= 4 is 5.91 Å². The smallest absolute Gasteiger partial charge is 0.251 e. The summed E-state index contributed by atoms with van der Waals surface area (Å²) < 4.78 is 0. The first-order valence-electron chi connectivity index (χ1n) is 6.15. The van der Waals surface area contributed by atoms with Crippen LogP contribution < -0.4 is 5.32 Å². The Hall–Kier alpha value is -2.09. The SMILES string of the molecule is CC(Cc1ccccc1)NC(=O)c1ccccc1. The molecule has 0 aliphatic carbocycles. The Balaban J connectivity index is 1.92. The number of rotatable bonds is 4. The summed E-state index contributed by atoms with van der Waals surface area (Å²) in [6.45, 7) is 2.02. The van der Waals surface area contributed by atoms with E-state index in [0.29, 0.717) is 5.56 Å². The van der Waals surface area contributed by atoms with Crippen LogP contribution in [0, 0.1) is 0 Å². The van der Waals surface area contributed by atoms with Crippen molar-refractivity contribution in [2.75, 3.05) is 0 Å². The van der Waals surface area contributed by atoms with Gasteiger partial charge in [0.05, 0.1) is 0 Å². The highest BCUT2D eigenvalue weighted by Crippen LogP contribution is 2.04. The summed E-state index contributed by atoms with van der Waals surface area (Å²) in [7, 11) is 0. The molecule has 0 radical (unpaired) electrons. The Labute approximate surface area is 108 Å². The predicted octanol–water partition coefficient (Wildman–Crippen LogP) is 3.05. The minimum atomic E-state index is -0.0148. The zero-order chi connectivity index (χ0) is 12.8. The van der Waals surface area contributed by atoms with Gasteiger partial charge in [0.25, 0.3) is 5.91 Å². The monoisotopic (exact) mass is 239 g/mol. The topological polar surface area (TPSA) is 29.1 Å². The minimum absolute atomic E-state index is 0.0148. The Morgan fingerprint density at radius 2 is 1.56 bits per heavy atom. The Kier molecular flexibility index (Phi) is 4.13. The number of benzene rings is 2. The summed E-state index contributed by atoms with van der Waals surface area (Å²) >= 11 is 0. The van der Waals surface area contributed by atoms with Gasteiger partial charge in [0.1, 0.15) is 0 Å². The summed E-state index contributed by atoms with van der Waals surface area (Å²) in [4.78, 5) is 11.9. The maximum absolute atomic E-state index is 11.9. The third-order valence-electron chi connectivity index (χ3n) is 2.80. The van der Waals surface area contributed by atoms with Crippen molar-refractivity contribution in [2.24, 2.45) is 0 Å². The van der Waals surface area contributed by atoms with E-state index in [2.05, 4.69) is 17.4 Å². The molecule has 1 N–H and O–H groups in total. The van der Waals surface area contributed by atoms with E-state index in [0.717, 1.165) is 6.42 Å². The highest BCUT2D eigenvalue weighted by molar-refractivity contribution is 5.94. The van der Waals surface area contributed by atoms with Crippen molar-refractivity contribution in [3.05, 3.63) is 71.8 Å². The molecule has 2 nitrogen and oxygen atoms in total. The number of carbonyl (C=O) groups is 1. The summed E-state index contributed by atoms with van der Waals surface area (Å²) in [6, 6.07) is 19.6. The lowest BCUT2D eigenvalue weighted by Gasteiger charge is -2.14. The van der Waals surface area contributed by atoms with Gasteiger partial charge in [-0.2, -0.15) is 0 Å². The normalized spacial score (nSPS) is 11.8. The van der Waals surface area contributed by atoms with Crippen molar-refractivity contribution in [3.63, 3.8) is 0 Å². The van der Waals surface area contributed by atoms with Crippen LogP contribution >= 0.6 is 0 Å². The van der Waals surface area contributed by atoms with E-state index in [9.17, 15) is 4.79 Å². The maximum Gasteiger partial charge on any atom is 0.251 e. The summed E-state index contributed by atoms with van der Waals surface area (Å²) in [5.74, 6) is -0.0148. The molecule has 0 spiro atoms. The Morgan fingerprint density at radius 3 is 2.17 bits per heavy atom. The van der Waals surface area contributed by atoms with Crippen LogP contribution in [0.2, 0.25) is 0 Å². The Morgan fingerprint density at radius 1 is 1.00 bits per heavy atom. The van der Waals surface area contributed by atoms with E-state index >= 15 is 0 Å². The first-order valence-corrected chi connectivity index (χ1v) is 6.15. The fourth-order valence-electron chi connectivity index (χ4n) is 1.92. The second kappa shape index (κ2) is 6.01. The molecule has 18 heavy (non-hydrogen) atoms. The van der Waals surface area contributed by atoms with Crippen LogP contribution in [-0.4, -0.2) is 11.9 Å². The molecule has 92 valence electrons. The molecule has 0 saturated carbocycles. The second-order valence-electron chi connectivity index (χ2n) is 4.43. The number of hydrogen-bond donors (Lipinski definition) is 1. The lowest BCUT2D eigenvalue weighted by molar-refractivity contribution is 0.0940. The van der Waals surface area contributed by atoms with Crippen molar-refractivity contribution in [1.82, 2.24) is 5.32 Å². The molecule has 0 bridgehead atoms. The van der Waals surface area contributed by atoms with Crippen molar-refractivity contribution in [1.29, 1.82) is 0 Å². The molecule has 2 aromatic carbocycles. The van der Waals surface area contributed by atoms with E-state index in [4.69, 9.17) is 0 Å². The zero-order valence-electron chi connectivity index (χ0n) is 10.5. The van der Waals surface area contributed by atoms with E-state index < -0.39 is 0 Å². The van der Waals surface area contributed by atoms with Gasteiger partial charge in [-0.15, -0.1) is 0 Å². The largest absolute Gasteiger partial charge is 0.349 e. The average molecular weight is 239 g/mol. The molecule has 0 fully saturated rings. The van der Waals surface area contributed by atoms with Gasteiger partial charge in [0, 0.05) is 11.6 Å². The standard InChI is InChI=1S/C16H17NO/c1-13(12-14-8-4-2-5-9-14)17-16(18)15-10-6-3-7-11-15/h2-11,13H,12H2,1H3,(H,17,18). The van der Waals surface area contributed by atoms with Crippen LogP contribution in [0.5, 0.6) is 0 Å². The Bertz CT molecular complexity index is 493. The van der Waals surface area contributed by atoms with Gasteiger partial charge in [0.15, 0.2) is 0 Å². The van der Waals surface area contributed by atoms with Crippen LogP contribution in [0.1, 0.15) is 22.8 Å². The molecular formula is C16H17NO. The summed E-state index contributed by atoms with van der Waals surface area (Å²) in [5.41, 5.74) is 1.94.